The van der Waals surface area contributed by atoms with Crippen LogP contribution in [0.25, 0.3) is 0 Å². The Bertz CT molecular complexity index is 955. The van der Waals surface area contributed by atoms with Crippen molar-refractivity contribution >= 4 is 17.5 Å². The van der Waals surface area contributed by atoms with Crippen LogP contribution in [0.5, 0.6) is 0 Å². The van der Waals surface area contributed by atoms with E-state index in [1.54, 1.807) is 6.07 Å². The first kappa shape index (κ1) is 18.3. The summed E-state index contributed by atoms with van der Waals surface area (Å²) in [4.78, 5) is 29.0. The van der Waals surface area contributed by atoms with Crippen LogP contribution in [-0.4, -0.2) is 16.8 Å². The minimum atomic E-state index is -0.307. The highest BCUT2D eigenvalue weighted by atomic mass is 16.2. The zero-order valence-corrected chi connectivity index (χ0v) is 15.3. The smallest absolute Gasteiger partial charge is 0.257 e. The number of rotatable bonds is 5. The fourth-order valence-corrected chi connectivity index (χ4v) is 2.72. The lowest BCUT2D eigenvalue weighted by atomic mass is 10.1. The lowest BCUT2D eigenvalue weighted by molar-refractivity contribution is 0.0939. The Hall–Kier alpha value is -3.47. The van der Waals surface area contributed by atoms with E-state index >= 15 is 0 Å². The van der Waals surface area contributed by atoms with Gasteiger partial charge < -0.3 is 10.6 Å². The van der Waals surface area contributed by atoms with Crippen LogP contribution >= 0.6 is 0 Å². The second kappa shape index (κ2) is 8.27. The van der Waals surface area contributed by atoms with Crippen molar-refractivity contribution in [1.82, 2.24) is 10.3 Å². The molecule has 5 nitrogen and oxygen atoms in total. The fourth-order valence-electron chi connectivity index (χ4n) is 2.72. The van der Waals surface area contributed by atoms with Crippen molar-refractivity contribution in [2.45, 2.75) is 19.9 Å². The average molecular weight is 359 g/mol. The van der Waals surface area contributed by atoms with E-state index in [0.717, 1.165) is 11.1 Å². The molecule has 1 unspecified atom stereocenters. The number of hydrogen-bond acceptors (Lipinski definition) is 3. The molecule has 0 aliphatic carbocycles. The molecule has 27 heavy (non-hydrogen) atoms. The third-order valence-corrected chi connectivity index (χ3v) is 4.19. The van der Waals surface area contributed by atoms with Gasteiger partial charge in [0.25, 0.3) is 11.8 Å². The first-order chi connectivity index (χ1) is 13.0. The van der Waals surface area contributed by atoms with Crippen molar-refractivity contribution in [3.8, 4) is 0 Å². The summed E-state index contributed by atoms with van der Waals surface area (Å²) in [6.07, 6.45) is 2.90. The number of nitrogens with zero attached hydrogens (tertiary/aromatic N) is 1. The lowest BCUT2D eigenvalue weighted by Crippen LogP contribution is -2.27. The molecule has 0 saturated heterocycles. The van der Waals surface area contributed by atoms with Crippen molar-refractivity contribution in [2.24, 2.45) is 0 Å². The zero-order valence-electron chi connectivity index (χ0n) is 15.3. The van der Waals surface area contributed by atoms with E-state index in [2.05, 4.69) is 15.6 Å². The van der Waals surface area contributed by atoms with Gasteiger partial charge in [-0.2, -0.15) is 0 Å². The van der Waals surface area contributed by atoms with Crippen LogP contribution < -0.4 is 10.6 Å². The van der Waals surface area contributed by atoms with Crippen molar-refractivity contribution in [3.05, 3.63) is 95.3 Å². The van der Waals surface area contributed by atoms with Gasteiger partial charge in [0, 0.05) is 18.1 Å². The van der Waals surface area contributed by atoms with Crippen molar-refractivity contribution in [3.63, 3.8) is 0 Å². The summed E-state index contributed by atoms with van der Waals surface area (Å²) < 4.78 is 0. The second-order valence-electron chi connectivity index (χ2n) is 6.39. The number of aryl methyl sites for hydroxylation is 1. The summed E-state index contributed by atoms with van der Waals surface area (Å²) in [6.45, 7) is 3.87. The summed E-state index contributed by atoms with van der Waals surface area (Å²) >= 11 is 0. The zero-order chi connectivity index (χ0) is 19.2. The summed E-state index contributed by atoms with van der Waals surface area (Å²) in [5.74, 6) is -0.581. The second-order valence-corrected chi connectivity index (χ2v) is 6.39. The summed E-state index contributed by atoms with van der Waals surface area (Å²) in [5, 5.41) is 5.75. The van der Waals surface area contributed by atoms with Crippen LogP contribution in [0.3, 0.4) is 0 Å². The highest BCUT2D eigenvalue weighted by Gasteiger charge is 2.14. The number of aromatic nitrogens is 1. The third kappa shape index (κ3) is 4.79. The summed E-state index contributed by atoms with van der Waals surface area (Å²) in [7, 11) is 0. The molecule has 0 aliphatic rings. The number of hydrogen-bond donors (Lipinski definition) is 2. The minimum absolute atomic E-state index is 0.150. The Morgan fingerprint density at radius 3 is 2.30 bits per heavy atom. The van der Waals surface area contributed by atoms with Crippen LogP contribution in [0.1, 0.15) is 44.8 Å². The van der Waals surface area contributed by atoms with Gasteiger partial charge in [-0.25, -0.2) is 0 Å². The molecule has 3 aromatic rings. The Kier molecular flexibility index (Phi) is 5.61. The molecule has 136 valence electrons. The number of benzene rings is 2. The number of carbonyl (C=O) groups is 2. The third-order valence-electron chi connectivity index (χ3n) is 4.19. The average Bonchev–Trinajstić information content (AvgIpc) is 2.68. The maximum Gasteiger partial charge on any atom is 0.257 e. The van der Waals surface area contributed by atoms with E-state index in [1.807, 2.05) is 68.4 Å². The molecular formula is C22H21N3O2. The van der Waals surface area contributed by atoms with Gasteiger partial charge in [-0.15, -0.1) is 0 Å². The van der Waals surface area contributed by atoms with Gasteiger partial charge in [0.15, 0.2) is 0 Å². The molecule has 0 saturated carbocycles. The van der Waals surface area contributed by atoms with E-state index in [1.165, 1.54) is 12.4 Å². The Labute approximate surface area is 158 Å². The Balaban J connectivity index is 1.71. The normalized spacial score (nSPS) is 11.5. The van der Waals surface area contributed by atoms with Crippen LogP contribution in [-0.2, 0) is 0 Å². The maximum absolute atomic E-state index is 12.5. The molecule has 1 heterocycles. The van der Waals surface area contributed by atoms with Gasteiger partial charge >= 0.3 is 0 Å². The molecule has 3 rings (SSSR count). The summed E-state index contributed by atoms with van der Waals surface area (Å²) in [5.41, 5.74) is 3.43. The van der Waals surface area contributed by atoms with Crippen molar-refractivity contribution in [2.75, 3.05) is 5.32 Å². The highest BCUT2D eigenvalue weighted by Crippen LogP contribution is 2.14. The largest absolute Gasteiger partial charge is 0.345 e. The molecule has 1 atom stereocenters. The molecule has 0 spiro atoms. The number of anilines is 1. The molecule has 5 heteroatoms. The molecule has 0 aliphatic heterocycles. The highest BCUT2D eigenvalue weighted by molar-refractivity contribution is 6.05. The van der Waals surface area contributed by atoms with E-state index < -0.39 is 0 Å². The van der Waals surface area contributed by atoms with Gasteiger partial charge in [-0.1, -0.05) is 42.5 Å². The molecule has 2 amide bonds. The quantitative estimate of drug-likeness (QED) is 0.719. The number of amides is 2. The lowest BCUT2D eigenvalue weighted by Gasteiger charge is -2.14. The number of pyridine rings is 1. The van der Waals surface area contributed by atoms with Crippen molar-refractivity contribution < 1.29 is 9.59 Å². The van der Waals surface area contributed by atoms with Gasteiger partial charge in [-0.3, -0.25) is 14.6 Å². The molecule has 0 fully saturated rings. The summed E-state index contributed by atoms with van der Waals surface area (Å²) in [6, 6.07) is 18.6. The maximum atomic E-state index is 12.5. The number of carbonyl (C=O) groups excluding carboxylic acids is 2. The van der Waals surface area contributed by atoms with Gasteiger partial charge in [0.1, 0.15) is 0 Å². The molecule has 0 bridgehead atoms. The van der Waals surface area contributed by atoms with Gasteiger partial charge in [0.05, 0.1) is 17.2 Å². The van der Waals surface area contributed by atoms with Gasteiger partial charge in [-0.05, 0) is 43.2 Å². The Morgan fingerprint density at radius 1 is 0.889 bits per heavy atom. The monoisotopic (exact) mass is 359 g/mol. The van der Waals surface area contributed by atoms with Crippen LogP contribution in [0.15, 0.2) is 73.1 Å². The fraction of sp³-hybridized carbons (Fsp3) is 0.136. The predicted molar refractivity (Wildman–Crippen MR) is 106 cm³/mol. The number of nitrogens with one attached hydrogen (secondary N) is 2. The Morgan fingerprint density at radius 2 is 1.59 bits per heavy atom. The molecule has 2 aromatic carbocycles. The SMILES string of the molecule is Cc1cccc(NC(=O)c2cncc(C(=O)NC(C)c3ccccc3)c2)c1. The van der Waals surface area contributed by atoms with E-state index in [0.29, 0.717) is 16.8 Å². The van der Waals surface area contributed by atoms with E-state index in [9.17, 15) is 9.59 Å². The predicted octanol–water partition coefficient (Wildman–Crippen LogP) is 4.13. The van der Waals surface area contributed by atoms with Gasteiger partial charge in [0.2, 0.25) is 0 Å². The van der Waals surface area contributed by atoms with Crippen molar-refractivity contribution in [1.29, 1.82) is 0 Å². The first-order valence-electron chi connectivity index (χ1n) is 8.72. The van der Waals surface area contributed by atoms with E-state index in [-0.39, 0.29) is 17.9 Å². The molecule has 0 radical (unpaired) electrons. The molecular weight excluding hydrogens is 338 g/mol. The topological polar surface area (TPSA) is 71.1 Å². The minimum Gasteiger partial charge on any atom is -0.345 e. The molecule has 2 N–H and O–H groups in total. The van der Waals surface area contributed by atoms with E-state index in [4.69, 9.17) is 0 Å². The molecule has 1 aromatic heterocycles. The van der Waals surface area contributed by atoms with Crippen LogP contribution in [0.2, 0.25) is 0 Å². The van der Waals surface area contributed by atoms with Crippen LogP contribution in [0, 0.1) is 6.92 Å². The first-order valence-corrected chi connectivity index (χ1v) is 8.72. The standard InChI is InChI=1S/C22H21N3O2/c1-15-7-6-10-20(11-15)25-22(27)19-12-18(13-23-14-19)21(26)24-16(2)17-8-4-3-5-9-17/h3-14,16H,1-2H3,(H,24,26)(H,25,27). The van der Waals surface area contributed by atoms with Crippen LogP contribution in [0.4, 0.5) is 5.69 Å².